The first-order chi connectivity index (χ1) is 13.7. The van der Waals surface area contributed by atoms with Crippen molar-refractivity contribution in [2.75, 3.05) is 44.7 Å². The van der Waals surface area contributed by atoms with Crippen LogP contribution in [0.3, 0.4) is 0 Å². The Morgan fingerprint density at radius 3 is 2.54 bits per heavy atom. The van der Waals surface area contributed by atoms with Crippen molar-refractivity contribution in [3.8, 4) is 0 Å². The van der Waals surface area contributed by atoms with Crippen LogP contribution >= 0.6 is 0 Å². The fourth-order valence-corrected chi connectivity index (χ4v) is 3.03. The van der Waals surface area contributed by atoms with Crippen molar-refractivity contribution < 1.29 is 4.79 Å². The van der Waals surface area contributed by atoms with E-state index in [1.54, 1.807) is 31.7 Å². The summed E-state index contributed by atoms with van der Waals surface area (Å²) in [7, 11) is 3.61. The van der Waals surface area contributed by atoms with Gasteiger partial charge in [-0.15, -0.1) is 0 Å². The third-order valence-electron chi connectivity index (χ3n) is 4.68. The van der Waals surface area contributed by atoms with Crippen LogP contribution < -0.4 is 15.5 Å². The van der Waals surface area contributed by atoms with Gasteiger partial charge in [-0.25, -0.2) is 9.97 Å². The largest absolute Gasteiger partial charge is 0.356 e. The van der Waals surface area contributed by atoms with E-state index in [1.165, 1.54) is 0 Å². The number of carbonyl (C=O) groups excluding carboxylic acids is 1. The maximum absolute atomic E-state index is 12.5. The zero-order valence-corrected chi connectivity index (χ0v) is 16.4. The average Bonchev–Trinajstić information content (AvgIpc) is 3.16. The van der Waals surface area contributed by atoms with Gasteiger partial charge < -0.3 is 20.4 Å². The molecular weight excluding hydrogens is 358 g/mol. The summed E-state index contributed by atoms with van der Waals surface area (Å²) in [5, 5.41) is 10.5. The zero-order valence-electron chi connectivity index (χ0n) is 16.4. The van der Waals surface area contributed by atoms with Crippen LogP contribution in [0, 0.1) is 0 Å². The molecule has 3 rings (SSSR count). The fraction of sp³-hybridized carbons (Fsp3) is 0.500. The first-order valence-corrected chi connectivity index (χ1v) is 9.38. The minimum atomic E-state index is 0.142. The molecule has 2 aromatic heterocycles. The van der Waals surface area contributed by atoms with Gasteiger partial charge in [0.15, 0.2) is 5.96 Å². The minimum Gasteiger partial charge on any atom is -0.356 e. The van der Waals surface area contributed by atoms with Crippen LogP contribution in [0.1, 0.15) is 12.1 Å². The number of hydrogen-bond acceptors (Lipinski definition) is 6. The summed E-state index contributed by atoms with van der Waals surface area (Å²) in [6.45, 7) is 4.02. The number of anilines is 1. The lowest BCUT2D eigenvalue weighted by molar-refractivity contribution is -0.131. The topological polar surface area (TPSA) is 104 Å². The molecule has 1 aliphatic rings. The Bertz CT molecular complexity index is 781. The van der Waals surface area contributed by atoms with E-state index in [4.69, 9.17) is 0 Å². The number of aryl methyl sites for hydroxylation is 1. The van der Waals surface area contributed by atoms with Gasteiger partial charge in [-0.2, -0.15) is 5.10 Å². The number of amides is 1. The van der Waals surface area contributed by atoms with Crippen molar-refractivity contribution >= 4 is 17.8 Å². The standard InChI is InChI=1S/C18H27N9O/c1-19-17(23-14-15-4-9-24-25(15)2)20-8-5-16(28)26-10-12-27(13-11-26)18-21-6-3-7-22-18/h3-4,6-7,9H,5,8,10-14H2,1-2H3,(H2,19,20,23). The quantitative estimate of drug-likeness (QED) is 0.516. The van der Waals surface area contributed by atoms with E-state index >= 15 is 0 Å². The molecule has 3 heterocycles. The minimum absolute atomic E-state index is 0.142. The molecule has 1 saturated heterocycles. The predicted octanol–water partition coefficient (Wildman–Crippen LogP) is -0.386. The Balaban J connectivity index is 1.36. The molecule has 10 heteroatoms. The number of carbonyl (C=O) groups is 1. The summed E-state index contributed by atoms with van der Waals surface area (Å²) in [5.74, 6) is 1.53. The highest BCUT2D eigenvalue weighted by molar-refractivity contribution is 5.81. The molecular formula is C18H27N9O. The average molecular weight is 385 g/mol. The predicted molar refractivity (Wildman–Crippen MR) is 107 cm³/mol. The molecule has 0 unspecified atom stereocenters. The zero-order chi connectivity index (χ0) is 19.8. The SMILES string of the molecule is CN=C(NCCC(=O)N1CCN(c2ncccn2)CC1)NCc1ccnn1C. The van der Waals surface area contributed by atoms with E-state index in [-0.39, 0.29) is 5.91 Å². The van der Waals surface area contributed by atoms with E-state index in [0.717, 1.165) is 24.7 Å². The van der Waals surface area contributed by atoms with Gasteiger partial charge in [0.2, 0.25) is 11.9 Å². The molecule has 0 bridgehead atoms. The third kappa shape index (κ3) is 5.18. The van der Waals surface area contributed by atoms with Crippen molar-refractivity contribution in [1.29, 1.82) is 0 Å². The van der Waals surface area contributed by atoms with E-state index in [0.29, 0.717) is 38.6 Å². The number of aliphatic imine (C=N–C) groups is 1. The van der Waals surface area contributed by atoms with E-state index in [1.807, 2.05) is 22.7 Å². The lowest BCUT2D eigenvalue weighted by Crippen LogP contribution is -2.50. The van der Waals surface area contributed by atoms with Gasteiger partial charge in [-0.1, -0.05) is 0 Å². The maximum atomic E-state index is 12.5. The van der Waals surface area contributed by atoms with Gasteiger partial charge in [0.1, 0.15) is 0 Å². The molecule has 0 saturated carbocycles. The summed E-state index contributed by atoms with van der Waals surface area (Å²) < 4.78 is 1.81. The second kappa shape index (κ2) is 9.67. The van der Waals surface area contributed by atoms with E-state index in [9.17, 15) is 4.79 Å². The molecule has 0 atom stereocenters. The van der Waals surface area contributed by atoms with Gasteiger partial charge >= 0.3 is 0 Å². The molecule has 0 radical (unpaired) electrons. The second-order valence-electron chi connectivity index (χ2n) is 6.47. The van der Waals surface area contributed by atoms with Crippen LogP contribution in [0.15, 0.2) is 35.7 Å². The number of piperazine rings is 1. The number of guanidine groups is 1. The van der Waals surface area contributed by atoms with Crippen molar-refractivity contribution in [3.63, 3.8) is 0 Å². The van der Waals surface area contributed by atoms with Crippen LogP contribution in [0.25, 0.3) is 0 Å². The number of aromatic nitrogens is 4. The fourth-order valence-electron chi connectivity index (χ4n) is 3.03. The number of hydrogen-bond donors (Lipinski definition) is 2. The van der Waals surface area contributed by atoms with Gasteiger partial charge in [-0.3, -0.25) is 14.5 Å². The lowest BCUT2D eigenvalue weighted by Gasteiger charge is -2.34. The highest BCUT2D eigenvalue weighted by Crippen LogP contribution is 2.10. The van der Waals surface area contributed by atoms with Crippen molar-refractivity contribution in [1.82, 2.24) is 35.3 Å². The second-order valence-corrected chi connectivity index (χ2v) is 6.47. The molecule has 1 fully saturated rings. The summed E-state index contributed by atoms with van der Waals surface area (Å²) in [6.07, 6.45) is 5.66. The van der Waals surface area contributed by atoms with Crippen molar-refractivity contribution in [3.05, 3.63) is 36.4 Å². The monoisotopic (exact) mass is 385 g/mol. The van der Waals surface area contributed by atoms with Crippen LogP contribution in [0.5, 0.6) is 0 Å². The molecule has 2 aromatic rings. The van der Waals surface area contributed by atoms with Gasteiger partial charge in [0.25, 0.3) is 0 Å². The summed E-state index contributed by atoms with van der Waals surface area (Å²) >= 11 is 0. The molecule has 0 spiro atoms. The summed E-state index contributed by atoms with van der Waals surface area (Å²) in [6, 6.07) is 3.75. The molecule has 28 heavy (non-hydrogen) atoms. The smallest absolute Gasteiger partial charge is 0.225 e. The maximum Gasteiger partial charge on any atom is 0.225 e. The highest BCUT2D eigenvalue weighted by Gasteiger charge is 2.22. The van der Waals surface area contributed by atoms with Gasteiger partial charge in [-0.05, 0) is 12.1 Å². The summed E-state index contributed by atoms with van der Waals surface area (Å²) in [5.41, 5.74) is 1.05. The third-order valence-corrected chi connectivity index (χ3v) is 4.68. The normalized spacial score (nSPS) is 14.9. The molecule has 2 N–H and O–H groups in total. The van der Waals surface area contributed by atoms with Gasteiger partial charge in [0, 0.05) is 71.8 Å². The van der Waals surface area contributed by atoms with Crippen molar-refractivity contribution in [2.45, 2.75) is 13.0 Å². The lowest BCUT2D eigenvalue weighted by atomic mass is 10.3. The molecule has 1 aliphatic heterocycles. The Hall–Kier alpha value is -3.17. The Morgan fingerprint density at radius 1 is 1.14 bits per heavy atom. The van der Waals surface area contributed by atoms with E-state index < -0.39 is 0 Å². The van der Waals surface area contributed by atoms with Crippen LogP contribution in [0.2, 0.25) is 0 Å². The van der Waals surface area contributed by atoms with Crippen molar-refractivity contribution in [2.24, 2.45) is 12.0 Å². The highest BCUT2D eigenvalue weighted by atomic mass is 16.2. The molecule has 1 amide bonds. The Kier molecular flexibility index (Phi) is 6.77. The number of nitrogens with zero attached hydrogens (tertiary/aromatic N) is 7. The van der Waals surface area contributed by atoms with Crippen LogP contribution in [-0.2, 0) is 18.4 Å². The molecule has 10 nitrogen and oxygen atoms in total. The molecule has 150 valence electrons. The van der Waals surface area contributed by atoms with Gasteiger partial charge in [0.05, 0.1) is 12.2 Å². The first kappa shape index (κ1) is 19.6. The Labute approximate surface area is 164 Å². The van der Waals surface area contributed by atoms with Crippen LogP contribution in [-0.4, -0.2) is 76.3 Å². The molecule has 0 aliphatic carbocycles. The first-order valence-electron chi connectivity index (χ1n) is 9.38. The summed E-state index contributed by atoms with van der Waals surface area (Å²) in [4.78, 5) is 29.2. The molecule has 0 aromatic carbocycles. The van der Waals surface area contributed by atoms with Crippen LogP contribution in [0.4, 0.5) is 5.95 Å². The number of nitrogens with one attached hydrogen (secondary N) is 2. The number of rotatable bonds is 6. The Morgan fingerprint density at radius 2 is 1.89 bits per heavy atom. The van der Waals surface area contributed by atoms with E-state index in [2.05, 4.69) is 35.6 Å².